The molecule has 1 atom stereocenters. The van der Waals surface area contributed by atoms with Crippen molar-refractivity contribution in [1.82, 2.24) is 20.0 Å². The molecule has 20 heavy (non-hydrogen) atoms. The highest BCUT2D eigenvalue weighted by atomic mass is 16.2. The molecule has 1 saturated heterocycles. The Morgan fingerprint density at radius 3 is 2.60 bits per heavy atom. The molecule has 0 bridgehead atoms. The summed E-state index contributed by atoms with van der Waals surface area (Å²) in [6, 6.07) is 1.99. The smallest absolute Gasteiger partial charge is 0.240 e. The number of aryl methyl sites for hydroxylation is 1. The van der Waals surface area contributed by atoms with E-state index in [0.717, 1.165) is 25.2 Å². The van der Waals surface area contributed by atoms with Gasteiger partial charge in [0.2, 0.25) is 5.91 Å². The van der Waals surface area contributed by atoms with Crippen LogP contribution in [0.5, 0.6) is 0 Å². The van der Waals surface area contributed by atoms with E-state index in [1.807, 2.05) is 31.6 Å². The summed E-state index contributed by atoms with van der Waals surface area (Å²) in [6.07, 6.45) is 5.02. The number of hydrogen-bond donors (Lipinski definition) is 1. The van der Waals surface area contributed by atoms with Gasteiger partial charge in [-0.15, -0.1) is 0 Å². The van der Waals surface area contributed by atoms with Crippen molar-refractivity contribution in [3.8, 4) is 0 Å². The Bertz CT molecular complexity index is 460. The summed E-state index contributed by atoms with van der Waals surface area (Å²) < 4.78 is 1.83. The second-order valence-electron chi connectivity index (χ2n) is 6.07. The molecule has 0 saturated carbocycles. The first-order chi connectivity index (χ1) is 9.46. The fraction of sp³-hybridized carbons (Fsp3) is 0.733. The van der Waals surface area contributed by atoms with E-state index in [9.17, 15) is 4.79 Å². The molecule has 0 spiro atoms. The summed E-state index contributed by atoms with van der Waals surface area (Å²) >= 11 is 0. The maximum absolute atomic E-state index is 12.6. The third-order valence-corrected chi connectivity index (χ3v) is 4.38. The van der Waals surface area contributed by atoms with Crippen molar-refractivity contribution in [2.75, 3.05) is 13.1 Å². The van der Waals surface area contributed by atoms with Crippen LogP contribution < -0.4 is 5.32 Å². The molecule has 0 unspecified atom stereocenters. The van der Waals surface area contributed by atoms with Gasteiger partial charge in [0, 0.05) is 13.2 Å². The fourth-order valence-electron chi connectivity index (χ4n) is 2.87. The molecule has 1 aromatic heterocycles. The van der Waals surface area contributed by atoms with Crippen molar-refractivity contribution in [3.63, 3.8) is 0 Å². The molecule has 2 rings (SSSR count). The molecule has 2 heterocycles. The molecule has 0 aromatic carbocycles. The number of carbonyl (C=O) groups excluding carboxylic acids is 1. The number of rotatable bonds is 5. The SMILES string of the molecule is CC[C@H](NC(=O)C(C)(C)N1CCCC1)c1ccnn1C. The van der Waals surface area contributed by atoms with Crippen molar-refractivity contribution < 1.29 is 4.79 Å². The van der Waals surface area contributed by atoms with Gasteiger partial charge in [-0.25, -0.2) is 0 Å². The zero-order valence-electron chi connectivity index (χ0n) is 13.0. The number of nitrogens with one attached hydrogen (secondary N) is 1. The van der Waals surface area contributed by atoms with Crippen molar-refractivity contribution in [3.05, 3.63) is 18.0 Å². The van der Waals surface area contributed by atoms with Crippen LogP contribution in [0.3, 0.4) is 0 Å². The van der Waals surface area contributed by atoms with Gasteiger partial charge in [-0.1, -0.05) is 6.92 Å². The molecule has 1 aliphatic heterocycles. The van der Waals surface area contributed by atoms with Crippen molar-refractivity contribution in [1.29, 1.82) is 0 Å². The molecule has 0 radical (unpaired) electrons. The van der Waals surface area contributed by atoms with Gasteiger partial charge in [0.25, 0.3) is 0 Å². The lowest BCUT2D eigenvalue weighted by Crippen LogP contribution is -2.54. The zero-order chi connectivity index (χ0) is 14.8. The monoisotopic (exact) mass is 278 g/mol. The van der Waals surface area contributed by atoms with Crippen molar-refractivity contribution in [2.45, 2.75) is 51.6 Å². The summed E-state index contributed by atoms with van der Waals surface area (Å²) in [4.78, 5) is 14.9. The highest BCUT2D eigenvalue weighted by molar-refractivity contribution is 5.85. The Hall–Kier alpha value is -1.36. The van der Waals surface area contributed by atoms with Gasteiger partial charge >= 0.3 is 0 Å². The molecule has 1 N–H and O–H groups in total. The Morgan fingerprint density at radius 1 is 1.45 bits per heavy atom. The van der Waals surface area contributed by atoms with Gasteiger partial charge in [-0.05, 0) is 52.3 Å². The third kappa shape index (κ3) is 2.87. The molecule has 1 aliphatic rings. The third-order valence-electron chi connectivity index (χ3n) is 4.38. The molecule has 5 heteroatoms. The quantitative estimate of drug-likeness (QED) is 0.894. The van der Waals surface area contributed by atoms with Crippen LogP contribution in [0.25, 0.3) is 0 Å². The van der Waals surface area contributed by atoms with Gasteiger partial charge in [-0.3, -0.25) is 14.4 Å². The average molecular weight is 278 g/mol. The summed E-state index contributed by atoms with van der Waals surface area (Å²) in [6.45, 7) is 8.15. The predicted molar refractivity (Wildman–Crippen MR) is 79.3 cm³/mol. The van der Waals surface area contributed by atoms with E-state index >= 15 is 0 Å². The summed E-state index contributed by atoms with van der Waals surface area (Å²) in [5.41, 5.74) is 0.612. The van der Waals surface area contributed by atoms with E-state index in [2.05, 4.69) is 22.2 Å². The molecular weight excluding hydrogens is 252 g/mol. The van der Waals surface area contributed by atoms with Gasteiger partial charge in [0.15, 0.2) is 0 Å². The first-order valence-electron chi connectivity index (χ1n) is 7.50. The minimum atomic E-state index is -0.442. The van der Waals surface area contributed by atoms with Crippen molar-refractivity contribution >= 4 is 5.91 Å². The van der Waals surface area contributed by atoms with Gasteiger partial charge in [0.1, 0.15) is 0 Å². The van der Waals surface area contributed by atoms with E-state index in [4.69, 9.17) is 0 Å². The van der Waals surface area contributed by atoms with Gasteiger partial charge < -0.3 is 5.32 Å². The van der Waals surface area contributed by atoms with E-state index in [1.54, 1.807) is 6.20 Å². The standard InChI is InChI=1S/C15H26N4O/c1-5-12(13-8-9-16-18(13)4)17-14(20)15(2,3)19-10-6-7-11-19/h8-9,12H,5-7,10-11H2,1-4H3,(H,17,20)/t12-/m0/s1. The Morgan fingerprint density at radius 2 is 2.10 bits per heavy atom. The second-order valence-corrected chi connectivity index (χ2v) is 6.07. The Kier molecular flexibility index (Phi) is 4.48. The normalized spacial score (nSPS) is 18.2. The van der Waals surface area contributed by atoms with Crippen LogP contribution in [-0.4, -0.2) is 39.2 Å². The molecule has 1 amide bonds. The minimum absolute atomic E-state index is 0.0249. The van der Waals surface area contributed by atoms with Crippen LogP contribution in [0.4, 0.5) is 0 Å². The maximum atomic E-state index is 12.6. The largest absolute Gasteiger partial charge is 0.346 e. The molecule has 112 valence electrons. The van der Waals surface area contributed by atoms with Gasteiger partial charge in [0.05, 0.1) is 17.3 Å². The highest BCUT2D eigenvalue weighted by Crippen LogP contribution is 2.23. The fourth-order valence-corrected chi connectivity index (χ4v) is 2.87. The second kappa shape index (κ2) is 5.95. The topological polar surface area (TPSA) is 50.2 Å². The summed E-state index contributed by atoms with van der Waals surface area (Å²) in [5, 5.41) is 7.37. The lowest BCUT2D eigenvalue weighted by atomic mass is 10.0. The molecule has 0 aliphatic carbocycles. The number of carbonyl (C=O) groups is 1. The van der Waals surface area contributed by atoms with Crippen LogP contribution in [0, 0.1) is 0 Å². The summed E-state index contributed by atoms with van der Waals surface area (Å²) in [7, 11) is 1.91. The molecule has 1 aromatic rings. The van der Waals surface area contributed by atoms with Crippen LogP contribution in [0.15, 0.2) is 12.3 Å². The number of hydrogen-bond acceptors (Lipinski definition) is 3. The number of amides is 1. The predicted octanol–water partition coefficient (Wildman–Crippen LogP) is 1.86. The number of aromatic nitrogens is 2. The number of nitrogens with zero attached hydrogens (tertiary/aromatic N) is 3. The first kappa shape index (κ1) is 15.0. The maximum Gasteiger partial charge on any atom is 0.240 e. The van der Waals surface area contributed by atoms with Crippen molar-refractivity contribution in [2.24, 2.45) is 7.05 Å². The first-order valence-corrected chi connectivity index (χ1v) is 7.50. The van der Waals surface area contributed by atoms with Gasteiger partial charge in [-0.2, -0.15) is 5.10 Å². The van der Waals surface area contributed by atoms with Crippen LogP contribution in [0.2, 0.25) is 0 Å². The molecular formula is C15H26N4O. The number of likely N-dealkylation sites (tertiary alicyclic amines) is 1. The minimum Gasteiger partial charge on any atom is -0.346 e. The van der Waals surface area contributed by atoms with E-state index in [0.29, 0.717) is 0 Å². The average Bonchev–Trinajstić information content (AvgIpc) is 3.07. The van der Waals surface area contributed by atoms with E-state index < -0.39 is 5.54 Å². The zero-order valence-corrected chi connectivity index (χ0v) is 13.0. The molecule has 5 nitrogen and oxygen atoms in total. The molecule has 1 fully saturated rings. The highest BCUT2D eigenvalue weighted by Gasteiger charge is 2.37. The van der Waals surface area contributed by atoms with E-state index in [-0.39, 0.29) is 11.9 Å². The Labute approximate surface area is 121 Å². The van der Waals surface area contributed by atoms with Crippen LogP contribution in [0.1, 0.15) is 51.8 Å². The van der Waals surface area contributed by atoms with Crippen LogP contribution >= 0.6 is 0 Å². The lowest BCUT2D eigenvalue weighted by molar-refractivity contribution is -0.132. The van der Waals surface area contributed by atoms with Crippen LogP contribution in [-0.2, 0) is 11.8 Å². The lowest BCUT2D eigenvalue weighted by Gasteiger charge is -2.35. The summed E-state index contributed by atoms with van der Waals surface area (Å²) in [5.74, 6) is 0.104. The van der Waals surface area contributed by atoms with E-state index in [1.165, 1.54) is 12.8 Å². The Balaban J connectivity index is 2.07.